The minimum Gasteiger partial charge on any atom is -0.260 e. The average molecular weight is 304 g/mol. The van der Waals surface area contributed by atoms with E-state index in [-0.39, 0.29) is 0 Å². The third-order valence-corrected chi connectivity index (χ3v) is 5.93. The van der Waals surface area contributed by atoms with Gasteiger partial charge in [0.2, 0.25) is 0 Å². The highest BCUT2D eigenvalue weighted by Crippen LogP contribution is 2.38. The van der Waals surface area contributed by atoms with Gasteiger partial charge in [-0.15, -0.1) is 21.5 Å². The molecule has 0 fully saturated rings. The summed E-state index contributed by atoms with van der Waals surface area (Å²) in [6, 6.07) is 0. The molecule has 0 amide bonds. The molecule has 4 nitrogen and oxygen atoms in total. The first kappa shape index (κ1) is 12.6. The van der Waals surface area contributed by atoms with E-state index in [1.807, 2.05) is 22.1 Å². The number of thiophene rings is 1. The largest absolute Gasteiger partial charge is 0.260 e. The Morgan fingerprint density at radius 3 is 3.20 bits per heavy atom. The van der Waals surface area contributed by atoms with Gasteiger partial charge in [0.05, 0.1) is 5.39 Å². The standard InChI is InChI=1S/C14H16N4S2/c1-3-19-14-17-16-12-11-9-5-4-8(2)6-10(9)20-13(11)15-7-18(12)14/h7-8H,3-6H2,1-2H3/t8-/m0/s1. The van der Waals surface area contributed by atoms with Crippen LogP contribution in [0.15, 0.2) is 11.5 Å². The second-order valence-corrected chi connectivity index (χ2v) is 7.70. The molecule has 0 aromatic carbocycles. The zero-order valence-electron chi connectivity index (χ0n) is 11.6. The van der Waals surface area contributed by atoms with Crippen molar-refractivity contribution >= 4 is 39.0 Å². The molecule has 0 saturated carbocycles. The lowest BCUT2D eigenvalue weighted by atomic mass is 9.89. The lowest BCUT2D eigenvalue weighted by molar-refractivity contribution is 0.509. The molecule has 0 spiro atoms. The Balaban J connectivity index is 1.99. The fourth-order valence-electron chi connectivity index (χ4n) is 2.95. The SMILES string of the molecule is CCSc1nnc2c3c4c(sc3ncn12)C[C@@H](C)CC4. The van der Waals surface area contributed by atoms with Crippen LogP contribution in [0.3, 0.4) is 0 Å². The van der Waals surface area contributed by atoms with E-state index in [2.05, 4.69) is 29.0 Å². The van der Waals surface area contributed by atoms with E-state index in [9.17, 15) is 0 Å². The van der Waals surface area contributed by atoms with Crippen LogP contribution in [-0.4, -0.2) is 25.3 Å². The average Bonchev–Trinajstić information content (AvgIpc) is 2.99. The first-order chi connectivity index (χ1) is 9.78. The minimum atomic E-state index is 0.788. The lowest BCUT2D eigenvalue weighted by Crippen LogP contribution is -2.08. The first-order valence-electron chi connectivity index (χ1n) is 7.04. The van der Waals surface area contributed by atoms with Crippen molar-refractivity contribution in [1.82, 2.24) is 19.6 Å². The van der Waals surface area contributed by atoms with E-state index < -0.39 is 0 Å². The summed E-state index contributed by atoms with van der Waals surface area (Å²) in [6.45, 7) is 4.47. The normalized spacial score (nSPS) is 18.8. The molecule has 20 heavy (non-hydrogen) atoms. The zero-order chi connectivity index (χ0) is 13.7. The Morgan fingerprint density at radius 2 is 2.35 bits per heavy atom. The van der Waals surface area contributed by atoms with Crippen molar-refractivity contribution in [3.63, 3.8) is 0 Å². The van der Waals surface area contributed by atoms with Crippen molar-refractivity contribution < 1.29 is 0 Å². The van der Waals surface area contributed by atoms with Crippen molar-refractivity contribution in [3.05, 3.63) is 16.8 Å². The Kier molecular flexibility index (Phi) is 2.96. The maximum Gasteiger partial charge on any atom is 0.196 e. The highest BCUT2D eigenvalue weighted by molar-refractivity contribution is 7.99. The minimum absolute atomic E-state index is 0.788. The summed E-state index contributed by atoms with van der Waals surface area (Å²) in [6.07, 6.45) is 5.49. The summed E-state index contributed by atoms with van der Waals surface area (Å²) in [5.74, 6) is 1.79. The molecule has 0 N–H and O–H groups in total. The van der Waals surface area contributed by atoms with Gasteiger partial charge in [-0.25, -0.2) is 4.98 Å². The lowest BCUT2D eigenvalue weighted by Gasteiger charge is -2.17. The Hall–Kier alpha value is -1.14. The number of hydrogen-bond acceptors (Lipinski definition) is 5. The van der Waals surface area contributed by atoms with Crippen LogP contribution in [0.25, 0.3) is 15.9 Å². The number of rotatable bonds is 2. The van der Waals surface area contributed by atoms with Crippen molar-refractivity contribution in [2.45, 2.75) is 38.3 Å². The van der Waals surface area contributed by atoms with E-state index in [1.54, 1.807) is 11.8 Å². The molecule has 0 radical (unpaired) electrons. The molecular formula is C14H16N4S2. The van der Waals surface area contributed by atoms with Gasteiger partial charge < -0.3 is 0 Å². The van der Waals surface area contributed by atoms with Crippen molar-refractivity contribution in [2.75, 3.05) is 5.75 Å². The van der Waals surface area contributed by atoms with Gasteiger partial charge in [-0.05, 0) is 36.5 Å². The number of aromatic nitrogens is 4. The van der Waals surface area contributed by atoms with Gasteiger partial charge in [-0.1, -0.05) is 25.6 Å². The third kappa shape index (κ3) is 1.78. The van der Waals surface area contributed by atoms with E-state index in [0.717, 1.165) is 33.7 Å². The van der Waals surface area contributed by atoms with Gasteiger partial charge in [0, 0.05) is 4.88 Å². The molecule has 1 aliphatic carbocycles. The number of aryl methyl sites for hydroxylation is 1. The van der Waals surface area contributed by atoms with E-state index in [1.165, 1.54) is 28.7 Å². The molecule has 1 aliphatic rings. The topological polar surface area (TPSA) is 43.1 Å². The zero-order valence-corrected chi connectivity index (χ0v) is 13.2. The van der Waals surface area contributed by atoms with Crippen molar-refractivity contribution in [2.24, 2.45) is 5.92 Å². The van der Waals surface area contributed by atoms with E-state index in [4.69, 9.17) is 0 Å². The van der Waals surface area contributed by atoms with E-state index >= 15 is 0 Å². The summed E-state index contributed by atoms with van der Waals surface area (Å²) in [4.78, 5) is 7.27. The second-order valence-electron chi connectivity index (χ2n) is 5.39. The molecule has 0 saturated heterocycles. The molecule has 3 aromatic heterocycles. The predicted molar refractivity (Wildman–Crippen MR) is 83.8 cm³/mol. The van der Waals surface area contributed by atoms with Gasteiger partial charge in [0.25, 0.3) is 0 Å². The summed E-state index contributed by atoms with van der Waals surface area (Å²) in [5, 5.41) is 10.9. The summed E-state index contributed by atoms with van der Waals surface area (Å²) >= 11 is 3.56. The molecule has 0 bridgehead atoms. The van der Waals surface area contributed by atoms with Crippen LogP contribution in [0, 0.1) is 5.92 Å². The Morgan fingerprint density at radius 1 is 1.45 bits per heavy atom. The van der Waals surface area contributed by atoms with Gasteiger partial charge in [-0.3, -0.25) is 4.40 Å². The van der Waals surface area contributed by atoms with Crippen molar-refractivity contribution in [1.29, 1.82) is 0 Å². The molecule has 3 aromatic rings. The van der Waals surface area contributed by atoms with Crippen LogP contribution < -0.4 is 0 Å². The number of hydrogen-bond donors (Lipinski definition) is 0. The molecule has 1 atom stereocenters. The van der Waals surface area contributed by atoms with Gasteiger partial charge in [0.1, 0.15) is 11.2 Å². The monoisotopic (exact) mass is 304 g/mol. The van der Waals surface area contributed by atoms with Crippen LogP contribution in [0.2, 0.25) is 0 Å². The smallest absolute Gasteiger partial charge is 0.196 e. The number of nitrogens with zero attached hydrogens (tertiary/aromatic N) is 4. The van der Waals surface area contributed by atoms with Crippen molar-refractivity contribution in [3.8, 4) is 0 Å². The third-order valence-electron chi connectivity index (χ3n) is 3.95. The van der Waals surface area contributed by atoms with Gasteiger partial charge >= 0.3 is 0 Å². The summed E-state index contributed by atoms with van der Waals surface area (Å²) in [7, 11) is 0. The maximum atomic E-state index is 4.64. The molecule has 3 heterocycles. The van der Waals surface area contributed by atoms with Gasteiger partial charge in [-0.2, -0.15) is 0 Å². The van der Waals surface area contributed by atoms with Crippen LogP contribution in [0.1, 0.15) is 30.7 Å². The molecule has 4 rings (SSSR count). The Labute approximate surface area is 125 Å². The predicted octanol–water partition coefficient (Wildman–Crippen LogP) is 3.58. The highest BCUT2D eigenvalue weighted by Gasteiger charge is 2.23. The van der Waals surface area contributed by atoms with Crippen LogP contribution in [-0.2, 0) is 12.8 Å². The molecule has 6 heteroatoms. The fourth-order valence-corrected chi connectivity index (χ4v) is 4.92. The van der Waals surface area contributed by atoms with Crippen LogP contribution in [0.4, 0.5) is 0 Å². The van der Waals surface area contributed by atoms with E-state index in [0.29, 0.717) is 0 Å². The molecule has 0 unspecified atom stereocenters. The van der Waals surface area contributed by atoms with Crippen LogP contribution >= 0.6 is 23.1 Å². The fraction of sp³-hybridized carbons (Fsp3) is 0.500. The quantitative estimate of drug-likeness (QED) is 0.679. The number of fused-ring (bicyclic) bond motifs is 5. The molecular weight excluding hydrogens is 288 g/mol. The summed E-state index contributed by atoms with van der Waals surface area (Å²) < 4.78 is 2.04. The second kappa shape index (κ2) is 4.70. The van der Waals surface area contributed by atoms with Crippen LogP contribution in [0.5, 0.6) is 0 Å². The molecule has 0 aliphatic heterocycles. The highest BCUT2D eigenvalue weighted by atomic mass is 32.2. The van der Waals surface area contributed by atoms with Gasteiger partial charge in [0.15, 0.2) is 10.8 Å². The Bertz CT molecular complexity index is 789. The summed E-state index contributed by atoms with van der Waals surface area (Å²) in [5.41, 5.74) is 2.46. The first-order valence-corrected chi connectivity index (χ1v) is 8.85. The maximum absolute atomic E-state index is 4.64. The molecule has 104 valence electrons. The number of thioether (sulfide) groups is 1.